The van der Waals surface area contributed by atoms with Crippen LogP contribution in [0.15, 0.2) is 58.3 Å². The third-order valence-corrected chi connectivity index (χ3v) is 5.25. The molecule has 0 saturated heterocycles. The topological polar surface area (TPSA) is 73.0 Å². The van der Waals surface area contributed by atoms with Crippen molar-refractivity contribution in [3.05, 3.63) is 60.3 Å². The van der Waals surface area contributed by atoms with Gasteiger partial charge in [-0.3, -0.25) is 4.79 Å². The van der Waals surface area contributed by atoms with Gasteiger partial charge in [0.05, 0.1) is 23.7 Å². The summed E-state index contributed by atoms with van der Waals surface area (Å²) in [6.07, 6.45) is 3.88. The number of amides is 1. The summed E-state index contributed by atoms with van der Waals surface area (Å²) in [5.41, 5.74) is 0.956. The van der Waals surface area contributed by atoms with Gasteiger partial charge in [0, 0.05) is 5.92 Å². The summed E-state index contributed by atoms with van der Waals surface area (Å²) in [5.74, 6) is 2.02. The SMILES string of the molecule is CC(Sc1nc(C2CC2)nn1-c1ccccc1)C(=O)NCc1ccco1. The van der Waals surface area contributed by atoms with E-state index in [1.165, 1.54) is 11.8 Å². The van der Waals surface area contributed by atoms with Crippen LogP contribution in [0, 0.1) is 0 Å². The first-order valence-corrected chi connectivity index (χ1v) is 9.58. The first kappa shape index (κ1) is 16.9. The zero-order valence-electron chi connectivity index (χ0n) is 14.5. The molecule has 1 aliphatic carbocycles. The van der Waals surface area contributed by atoms with Crippen LogP contribution < -0.4 is 5.32 Å². The maximum absolute atomic E-state index is 12.4. The summed E-state index contributed by atoms with van der Waals surface area (Å²) < 4.78 is 7.09. The molecule has 1 aromatic carbocycles. The Morgan fingerprint density at radius 3 is 2.81 bits per heavy atom. The predicted molar refractivity (Wildman–Crippen MR) is 99.2 cm³/mol. The molecule has 1 unspecified atom stereocenters. The Kier molecular flexibility index (Phi) is 4.79. The zero-order chi connectivity index (χ0) is 17.9. The van der Waals surface area contributed by atoms with Gasteiger partial charge in [-0.15, -0.1) is 5.10 Å². The summed E-state index contributed by atoms with van der Waals surface area (Å²) in [5, 5.41) is 8.04. The lowest BCUT2D eigenvalue weighted by atomic mass is 10.3. The molecule has 4 rings (SSSR count). The van der Waals surface area contributed by atoms with Gasteiger partial charge in [0.25, 0.3) is 0 Å². The predicted octanol–water partition coefficient (Wildman–Crippen LogP) is 3.53. The second kappa shape index (κ2) is 7.37. The molecule has 0 aliphatic heterocycles. The van der Waals surface area contributed by atoms with Crippen molar-refractivity contribution in [2.75, 3.05) is 0 Å². The minimum Gasteiger partial charge on any atom is -0.467 e. The summed E-state index contributed by atoms with van der Waals surface area (Å²) in [7, 11) is 0. The van der Waals surface area contributed by atoms with E-state index in [2.05, 4.69) is 10.4 Å². The number of benzene rings is 1. The quantitative estimate of drug-likeness (QED) is 0.646. The van der Waals surface area contributed by atoms with E-state index in [0.29, 0.717) is 12.5 Å². The van der Waals surface area contributed by atoms with Gasteiger partial charge in [-0.2, -0.15) is 0 Å². The smallest absolute Gasteiger partial charge is 0.233 e. The molecule has 134 valence electrons. The number of aromatic nitrogens is 3. The summed E-state index contributed by atoms with van der Waals surface area (Å²) in [6, 6.07) is 13.6. The Morgan fingerprint density at radius 1 is 1.31 bits per heavy atom. The van der Waals surface area contributed by atoms with Crippen LogP contribution in [-0.2, 0) is 11.3 Å². The molecule has 6 nitrogen and oxygen atoms in total. The zero-order valence-corrected chi connectivity index (χ0v) is 15.3. The van der Waals surface area contributed by atoms with Crippen molar-refractivity contribution in [3.63, 3.8) is 0 Å². The maximum Gasteiger partial charge on any atom is 0.233 e. The highest BCUT2D eigenvalue weighted by Gasteiger charge is 2.30. The average molecular weight is 368 g/mol. The Morgan fingerprint density at radius 2 is 2.12 bits per heavy atom. The number of rotatable bonds is 7. The van der Waals surface area contributed by atoms with Gasteiger partial charge in [0.1, 0.15) is 5.76 Å². The van der Waals surface area contributed by atoms with Crippen molar-refractivity contribution in [3.8, 4) is 5.69 Å². The first-order valence-electron chi connectivity index (χ1n) is 8.70. The normalized spacial score (nSPS) is 15.0. The van der Waals surface area contributed by atoms with Crippen LogP contribution in [0.1, 0.15) is 37.3 Å². The average Bonchev–Trinajstić information content (AvgIpc) is 3.22. The Hall–Kier alpha value is -2.54. The monoisotopic (exact) mass is 368 g/mol. The minimum atomic E-state index is -0.288. The van der Waals surface area contributed by atoms with Gasteiger partial charge in [0.15, 0.2) is 11.0 Å². The maximum atomic E-state index is 12.4. The molecule has 1 fully saturated rings. The fourth-order valence-corrected chi connectivity index (χ4v) is 3.48. The largest absolute Gasteiger partial charge is 0.467 e. The summed E-state index contributed by atoms with van der Waals surface area (Å²) in [4.78, 5) is 17.1. The van der Waals surface area contributed by atoms with Gasteiger partial charge in [-0.25, -0.2) is 9.67 Å². The number of hydrogen-bond donors (Lipinski definition) is 1. The molecular formula is C19H20N4O2S. The van der Waals surface area contributed by atoms with Crippen molar-refractivity contribution in [1.29, 1.82) is 0 Å². The van der Waals surface area contributed by atoms with Crippen molar-refractivity contribution in [2.24, 2.45) is 0 Å². The fourth-order valence-electron chi connectivity index (χ4n) is 2.58. The number of para-hydroxylation sites is 1. The second-order valence-corrected chi connectivity index (χ2v) is 7.64. The van der Waals surface area contributed by atoms with Crippen LogP contribution in [0.5, 0.6) is 0 Å². The molecule has 1 amide bonds. The number of nitrogens with one attached hydrogen (secondary N) is 1. The standard InChI is InChI=1S/C19H20N4O2S/c1-13(18(24)20-12-16-8-5-11-25-16)26-19-21-17(14-9-10-14)22-23(19)15-6-3-2-4-7-15/h2-8,11,13-14H,9-10,12H2,1H3,(H,20,24). The molecule has 2 heterocycles. The van der Waals surface area contributed by atoms with E-state index in [1.807, 2.05) is 48.0 Å². The molecule has 26 heavy (non-hydrogen) atoms. The lowest BCUT2D eigenvalue weighted by Gasteiger charge is -2.11. The van der Waals surface area contributed by atoms with Gasteiger partial charge in [0.2, 0.25) is 5.91 Å². The van der Waals surface area contributed by atoms with Crippen LogP contribution in [-0.4, -0.2) is 25.9 Å². The van der Waals surface area contributed by atoms with Gasteiger partial charge in [-0.1, -0.05) is 30.0 Å². The van der Waals surface area contributed by atoms with Crippen LogP contribution in [0.4, 0.5) is 0 Å². The van der Waals surface area contributed by atoms with E-state index in [1.54, 1.807) is 12.3 Å². The Balaban J connectivity index is 1.48. The van der Waals surface area contributed by atoms with Crippen molar-refractivity contribution < 1.29 is 9.21 Å². The molecule has 0 spiro atoms. The molecule has 3 aromatic rings. The van der Waals surface area contributed by atoms with Crippen molar-refractivity contribution in [1.82, 2.24) is 20.1 Å². The molecular weight excluding hydrogens is 348 g/mol. The van der Waals surface area contributed by atoms with Crippen LogP contribution in [0.25, 0.3) is 5.69 Å². The van der Waals surface area contributed by atoms with E-state index < -0.39 is 0 Å². The third kappa shape index (κ3) is 3.83. The van der Waals surface area contributed by atoms with Crippen LogP contribution in [0.2, 0.25) is 0 Å². The molecule has 2 aromatic heterocycles. The van der Waals surface area contributed by atoms with E-state index >= 15 is 0 Å². The Bertz CT molecular complexity index is 872. The number of thioether (sulfide) groups is 1. The second-order valence-electron chi connectivity index (χ2n) is 6.33. The van der Waals surface area contributed by atoms with Crippen LogP contribution in [0.3, 0.4) is 0 Å². The van der Waals surface area contributed by atoms with Crippen LogP contribution >= 0.6 is 11.8 Å². The van der Waals surface area contributed by atoms with Gasteiger partial charge < -0.3 is 9.73 Å². The summed E-state index contributed by atoms with van der Waals surface area (Å²) in [6.45, 7) is 2.26. The van der Waals surface area contributed by atoms with E-state index in [4.69, 9.17) is 9.40 Å². The minimum absolute atomic E-state index is 0.0537. The molecule has 7 heteroatoms. The van der Waals surface area contributed by atoms with E-state index in [-0.39, 0.29) is 11.2 Å². The lowest BCUT2D eigenvalue weighted by Crippen LogP contribution is -2.30. The summed E-state index contributed by atoms with van der Waals surface area (Å²) >= 11 is 1.42. The molecule has 0 bridgehead atoms. The van der Waals surface area contributed by atoms with Gasteiger partial charge >= 0.3 is 0 Å². The highest BCUT2D eigenvalue weighted by atomic mass is 32.2. The third-order valence-electron chi connectivity index (χ3n) is 4.21. The molecule has 0 radical (unpaired) electrons. The number of hydrogen-bond acceptors (Lipinski definition) is 5. The van der Waals surface area contributed by atoms with Gasteiger partial charge in [-0.05, 0) is 44.0 Å². The molecule has 1 aliphatic rings. The highest BCUT2D eigenvalue weighted by molar-refractivity contribution is 8.00. The molecule has 1 saturated carbocycles. The molecule has 1 N–H and O–H groups in total. The highest BCUT2D eigenvalue weighted by Crippen LogP contribution is 2.39. The molecule has 1 atom stereocenters. The fraction of sp³-hybridized carbons (Fsp3) is 0.316. The lowest BCUT2D eigenvalue weighted by molar-refractivity contribution is -0.120. The number of nitrogens with zero attached hydrogens (tertiary/aromatic N) is 3. The Labute approximate surface area is 156 Å². The number of furan rings is 1. The number of carbonyl (C=O) groups is 1. The van der Waals surface area contributed by atoms with E-state index in [0.717, 1.165) is 35.3 Å². The first-order chi connectivity index (χ1) is 12.7. The van der Waals surface area contributed by atoms with Crippen molar-refractivity contribution in [2.45, 2.75) is 42.6 Å². The van der Waals surface area contributed by atoms with Crippen molar-refractivity contribution >= 4 is 17.7 Å². The van der Waals surface area contributed by atoms with E-state index in [9.17, 15) is 4.79 Å². The number of carbonyl (C=O) groups excluding carboxylic acids is 1.